The molecule has 0 bridgehead atoms. The van der Waals surface area contributed by atoms with Crippen LogP contribution in [0.3, 0.4) is 0 Å². The van der Waals surface area contributed by atoms with Gasteiger partial charge in [0.15, 0.2) is 0 Å². The van der Waals surface area contributed by atoms with E-state index in [2.05, 4.69) is 0 Å². The van der Waals surface area contributed by atoms with Crippen LogP contribution < -0.4 is 4.74 Å². The zero-order valence-electron chi connectivity index (χ0n) is 14.8. The lowest BCUT2D eigenvalue weighted by atomic mass is 10.1. The molecule has 1 aliphatic heterocycles. The molecule has 1 aliphatic rings. The molecule has 5 heteroatoms. The minimum atomic E-state index is 0.0632. The highest BCUT2D eigenvalue weighted by Crippen LogP contribution is 2.36. The molecule has 0 unspecified atom stereocenters. The Bertz CT molecular complexity index is 800. The topological polar surface area (TPSA) is 29.5 Å². The number of rotatable bonds is 5. The van der Waals surface area contributed by atoms with Crippen molar-refractivity contribution in [2.75, 3.05) is 20.2 Å². The number of likely N-dealkylation sites (tertiary alicyclic amines) is 1. The van der Waals surface area contributed by atoms with Gasteiger partial charge in [-0.1, -0.05) is 41.6 Å². The molecule has 0 atom stereocenters. The van der Waals surface area contributed by atoms with Gasteiger partial charge in [0, 0.05) is 29.1 Å². The maximum atomic E-state index is 12.2. The van der Waals surface area contributed by atoms with Crippen molar-refractivity contribution in [2.45, 2.75) is 29.1 Å². The number of nitrogens with zero attached hydrogens (tertiary/aromatic N) is 1. The first kappa shape index (κ1) is 18.9. The molecule has 3 nitrogen and oxygen atoms in total. The van der Waals surface area contributed by atoms with Crippen LogP contribution in [0.1, 0.15) is 24.8 Å². The summed E-state index contributed by atoms with van der Waals surface area (Å²) in [6.07, 6.45) is 6.82. The minimum Gasteiger partial charge on any atom is -0.496 e. The Hall–Kier alpha value is -1.91. The lowest BCUT2D eigenvalue weighted by molar-refractivity contribution is -0.126. The molecule has 0 spiro atoms. The fourth-order valence-electron chi connectivity index (χ4n) is 2.92. The number of hydrogen-bond acceptors (Lipinski definition) is 3. The molecule has 1 amide bonds. The molecule has 136 valence electrons. The van der Waals surface area contributed by atoms with Crippen LogP contribution in [0.5, 0.6) is 5.75 Å². The van der Waals surface area contributed by atoms with E-state index in [9.17, 15) is 4.79 Å². The summed E-state index contributed by atoms with van der Waals surface area (Å²) in [5, 5.41) is 0.632. The van der Waals surface area contributed by atoms with Crippen LogP contribution in [-0.4, -0.2) is 31.0 Å². The van der Waals surface area contributed by atoms with Gasteiger partial charge in [0.05, 0.1) is 12.0 Å². The van der Waals surface area contributed by atoms with E-state index in [4.69, 9.17) is 16.3 Å². The summed E-state index contributed by atoms with van der Waals surface area (Å²) in [6, 6.07) is 13.8. The van der Waals surface area contributed by atoms with Crippen molar-refractivity contribution in [3.8, 4) is 5.75 Å². The third-order valence-electron chi connectivity index (χ3n) is 4.34. The Morgan fingerprint density at radius 2 is 1.92 bits per heavy atom. The molecule has 1 fully saturated rings. The van der Waals surface area contributed by atoms with E-state index in [1.807, 2.05) is 47.4 Å². The molecule has 0 N–H and O–H groups in total. The van der Waals surface area contributed by atoms with E-state index >= 15 is 0 Å². The Kier molecular flexibility index (Phi) is 6.64. The molecule has 0 aromatic heterocycles. The number of ether oxygens (including phenoxy) is 1. The van der Waals surface area contributed by atoms with E-state index in [0.29, 0.717) is 5.02 Å². The highest BCUT2D eigenvalue weighted by molar-refractivity contribution is 7.99. The third kappa shape index (κ3) is 4.83. The average Bonchev–Trinajstić information content (AvgIpc) is 2.68. The first-order valence-corrected chi connectivity index (χ1v) is 9.94. The zero-order valence-corrected chi connectivity index (χ0v) is 16.4. The van der Waals surface area contributed by atoms with Crippen molar-refractivity contribution in [2.24, 2.45) is 0 Å². The second-order valence-corrected chi connectivity index (χ2v) is 7.68. The first-order valence-electron chi connectivity index (χ1n) is 8.75. The number of benzene rings is 2. The van der Waals surface area contributed by atoms with Crippen LogP contribution in [-0.2, 0) is 4.79 Å². The van der Waals surface area contributed by atoms with Gasteiger partial charge in [-0.15, -0.1) is 0 Å². The molecule has 0 radical (unpaired) electrons. The molecule has 1 saturated heterocycles. The van der Waals surface area contributed by atoms with Crippen LogP contribution in [0.2, 0.25) is 5.02 Å². The summed E-state index contributed by atoms with van der Waals surface area (Å²) >= 11 is 8.02. The standard InChI is InChI=1S/C21H22ClNO2S/c1-25-19-7-3-4-8-20(19)26-17-11-9-16(18(22)15-17)10-12-21(24)23-13-5-2-6-14-23/h3-4,7-12,15H,2,5-6,13-14H2,1H3/b12-10+. The summed E-state index contributed by atoms with van der Waals surface area (Å²) in [4.78, 5) is 16.2. The summed E-state index contributed by atoms with van der Waals surface area (Å²) in [5.74, 6) is 0.901. The predicted molar refractivity (Wildman–Crippen MR) is 108 cm³/mol. The molecular weight excluding hydrogens is 366 g/mol. The molecule has 1 heterocycles. The smallest absolute Gasteiger partial charge is 0.246 e. The Balaban J connectivity index is 1.69. The van der Waals surface area contributed by atoms with Crippen LogP contribution in [0.25, 0.3) is 6.08 Å². The maximum absolute atomic E-state index is 12.2. The van der Waals surface area contributed by atoms with Crippen LogP contribution in [0, 0.1) is 0 Å². The number of halogens is 1. The SMILES string of the molecule is COc1ccccc1Sc1ccc(/C=C/C(=O)N2CCCCC2)c(Cl)c1. The van der Waals surface area contributed by atoms with E-state index in [0.717, 1.165) is 47.0 Å². The fraction of sp³-hybridized carbons (Fsp3) is 0.286. The normalized spacial score (nSPS) is 14.6. The molecule has 2 aromatic rings. The number of amides is 1. The number of carbonyl (C=O) groups is 1. The van der Waals surface area contributed by atoms with Gasteiger partial charge in [-0.25, -0.2) is 0 Å². The molecule has 2 aromatic carbocycles. The van der Waals surface area contributed by atoms with Gasteiger partial charge in [-0.05, 0) is 55.2 Å². The van der Waals surface area contributed by atoms with Crippen molar-refractivity contribution in [3.63, 3.8) is 0 Å². The Labute approximate surface area is 164 Å². The zero-order chi connectivity index (χ0) is 18.4. The van der Waals surface area contributed by atoms with Crippen molar-refractivity contribution in [3.05, 3.63) is 59.1 Å². The van der Waals surface area contributed by atoms with Crippen molar-refractivity contribution in [1.82, 2.24) is 4.90 Å². The van der Waals surface area contributed by atoms with Crippen molar-refractivity contribution < 1.29 is 9.53 Å². The molecule has 26 heavy (non-hydrogen) atoms. The number of para-hydroxylation sites is 1. The van der Waals surface area contributed by atoms with Crippen LogP contribution in [0.4, 0.5) is 0 Å². The van der Waals surface area contributed by atoms with Crippen LogP contribution >= 0.6 is 23.4 Å². The van der Waals surface area contributed by atoms with Crippen molar-refractivity contribution >= 4 is 35.3 Å². The van der Waals surface area contributed by atoms with Gasteiger partial charge in [0.25, 0.3) is 0 Å². The lowest BCUT2D eigenvalue weighted by Gasteiger charge is -2.25. The number of methoxy groups -OCH3 is 1. The van der Waals surface area contributed by atoms with Crippen LogP contribution in [0.15, 0.2) is 58.3 Å². The third-order valence-corrected chi connectivity index (χ3v) is 5.72. The highest BCUT2D eigenvalue weighted by atomic mass is 35.5. The molecular formula is C21H22ClNO2S. The Morgan fingerprint density at radius 3 is 2.65 bits per heavy atom. The lowest BCUT2D eigenvalue weighted by Crippen LogP contribution is -2.34. The largest absolute Gasteiger partial charge is 0.496 e. The first-order chi connectivity index (χ1) is 12.7. The molecule has 3 rings (SSSR count). The monoisotopic (exact) mass is 387 g/mol. The second kappa shape index (κ2) is 9.15. The van der Waals surface area contributed by atoms with Gasteiger partial charge < -0.3 is 9.64 Å². The fourth-order valence-corrected chi connectivity index (χ4v) is 4.19. The van der Waals surface area contributed by atoms with Gasteiger partial charge in [0.1, 0.15) is 5.75 Å². The van der Waals surface area contributed by atoms with E-state index in [-0.39, 0.29) is 5.91 Å². The van der Waals surface area contributed by atoms with E-state index < -0.39 is 0 Å². The molecule has 0 aliphatic carbocycles. The van der Waals surface area contributed by atoms with Gasteiger partial charge in [0.2, 0.25) is 5.91 Å². The minimum absolute atomic E-state index is 0.0632. The summed E-state index contributed by atoms with van der Waals surface area (Å²) in [7, 11) is 1.67. The number of hydrogen-bond donors (Lipinski definition) is 0. The highest BCUT2D eigenvalue weighted by Gasteiger charge is 2.14. The maximum Gasteiger partial charge on any atom is 0.246 e. The summed E-state index contributed by atoms with van der Waals surface area (Å²) < 4.78 is 5.39. The van der Waals surface area contributed by atoms with Gasteiger partial charge in [-0.3, -0.25) is 4.79 Å². The summed E-state index contributed by atoms with van der Waals surface area (Å²) in [5.41, 5.74) is 0.849. The Morgan fingerprint density at radius 1 is 1.15 bits per heavy atom. The number of piperidine rings is 1. The second-order valence-electron chi connectivity index (χ2n) is 6.16. The quantitative estimate of drug-likeness (QED) is 0.632. The van der Waals surface area contributed by atoms with E-state index in [1.54, 1.807) is 31.0 Å². The number of carbonyl (C=O) groups excluding carboxylic acids is 1. The van der Waals surface area contributed by atoms with Gasteiger partial charge in [-0.2, -0.15) is 0 Å². The predicted octanol–water partition coefficient (Wildman–Crippen LogP) is 5.53. The van der Waals surface area contributed by atoms with E-state index in [1.165, 1.54) is 6.42 Å². The summed E-state index contributed by atoms with van der Waals surface area (Å²) in [6.45, 7) is 1.71. The van der Waals surface area contributed by atoms with Crippen molar-refractivity contribution in [1.29, 1.82) is 0 Å². The molecule has 0 saturated carbocycles. The van der Waals surface area contributed by atoms with Gasteiger partial charge >= 0.3 is 0 Å². The average molecular weight is 388 g/mol.